The molecule has 0 aliphatic carbocycles. The van der Waals surface area contributed by atoms with Gasteiger partial charge in [0.05, 0.1) is 11.7 Å². The molecule has 3 rings (SSSR count). The summed E-state index contributed by atoms with van der Waals surface area (Å²) in [5.74, 6) is -0.107. The Morgan fingerprint density at radius 2 is 1.58 bits per heavy atom. The summed E-state index contributed by atoms with van der Waals surface area (Å²) in [5, 5.41) is 2.94. The average molecular weight is 330 g/mol. The average Bonchev–Trinajstić information content (AvgIpc) is 2.61. The molecule has 4 nitrogen and oxygen atoms in total. The minimum absolute atomic E-state index is 0.107. The molecular formula is C17H13F3N4. The van der Waals surface area contributed by atoms with E-state index in [4.69, 9.17) is 0 Å². The fourth-order valence-electron chi connectivity index (χ4n) is 2.24. The van der Waals surface area contributed by atoms with E-state index in [0.717, 1.165) is 17.8 Å². The Bertz CT molecular complexity index is 752. The Labute approximate surface area is 136 Å². The first-order valence-electron chi connectivity index (χ1n) is 7.17. The molecule has 2 aromatic heterocycles. The van der Waals surface area contributed by atoms with E-state index < -0.39 is 17.9 Å². The van der Waals surface area contributed by atoms with Crippen LogP contribution in [0.1, 0.15) is 23.0 Å². The molecule has 3 aromatic rings. The Hall–Kier alpha value is -2.96. The van der Waals surface area contributed by atoms with Gasteiger partial charge in [0, 0.05) is 12.4 Å². The number of benzene rings is 1. The molecule has 0 aliphatic rings. The van der Waals surface area contributed by atoms with E-state index in [1.807, 2.05) is 36.4 Å². The summed E-state index contributed by atoms with van der Waals surface area (Å²) in [7, 11) is 0. The zero-order valence-electron chi connectivity index (χ0n) is 12.4. The number of aromatic nitrogens is 3. The summed E-state index contributed by atoms with van der Waals surface area (Å²) in [6.07, 6.45) is -1.81. The van der Waals surface area contributed by atoms with E-state index >= 15 is 0 Å². The van der Waals surface area contributed by atoms with Crippen LogP contribution in [0.2, 0.25) is 0 Å². The van der Waals surface area contributed by atoms with Crippen molar-refractivity contribution >= 4 is 5.95 Å². The van der Waals surface area contributed by atoms with Crippen molar-refractivity contribution in [1.82, 2.24) is 15.0 Å². The van der Waals surface area contributed by atoms with Crippen LogP contribution < -0.4 is 5.32 Å². The lowest BCUT2D eigenvalue weighted by Crippen LogP contribution is -2.17. The van der Waals surface area contributed by atoms with Crippen LogP contribution >= 0.6 is 0 Å². The molecule has 1 N–H and O–H groups in total. The van der Waals surface area contributed by atoms with Gasteiger partial charge in [0.25, 0.3) is 0 Å². The van der Waals surface area contributed by atoms with Crippen LogP contribution in [-0.2, 0) is 6.18 Å². The number of rotatable bonds is 4. The lowest BCUT2D eigenvalue weighted by molar-refractivity contribution is -0.141. The SMILES string of the molecule is FC(F)(F)c1ccnc(N[C@@H](c2ccccc2)c2ccccn2)n1. The normalized spacial score (nSPS) is 12.6. The third kappa shape index (κ3) is 3.68. The highest BCUT2D eigenvalue weighted by atomic mass is 19.4. The second kappa shape index (κ2) is 6.66. The smallest absolute Gasteiger partial charge is 0.342 e. The van der Waals surface area contributed by atoms with Gasteiger partial charge in [-0.1, -0.05) is 36.4 Å². The molecule has 0 fully saturated rings. The van der Waals surface area contributed by atoms with Gasteiger partial charge in [-0.15, -0.1) is 0 Å². The molecular weight excluding hydrogens is 317 g/mol. The zero-order valence-corrected chi connectivity index (χ0v) is 12.4. The van der Waals surface area contributed by atoms with E-state index in [9.17, 15) is 13.2 Å². The number of nitrogens with zero attached hydrogens (tertiary/aromatic N) is 3. The number of hydrogen-bond donors (Lipinski definition) is 1. The second-order valence-corrected chi connectivity index (χ2v) is 5.01. The molecule has 0 spiro atoms. The van der Waals surface area contributed by atoms with Crippen molar-refractivity contribution in [3.8, 4) is 0 Å². The van der Waals surface area contributed by atoms with Gasteiger partial charge in [0.1, 0.15) is 5.69 Å². The first-order valence-corrected chi connectivity index (χ1v) is 7.17. The van der Waals surface area contributed by atoms with Crippen LogP contribution in [0.5, 0.6) is 0 Å². The molecule has 0 radical (unpaired) electrons. The Kier molecular flexibility index (Phi) is 4.41. The maximum Gasteiger partial charge on any atom is 0.433 e. The number of nitrogens with one attached hydrogen (secondary N) is 1. The molecule has 0 amide bonds. The van der Waals surface area contributed by atoms with E-state index in [2.05, 4.69) is 20.3 Å². The minimum Gasteiger partial charge on any atom is -0.342 e. The predicted octanol–water partition coefficient (Wildman–Crippen LogP) is 4.09. The van der Waals surface area contributed by atoms with Gasteiger partial charge in [0.2, 0.25) is 5.95 Å². The molecule has 1 atom stereocenters. The first kappa shape index (κ1) is 15.9. The van der Waals surface area contributed by atoms with Gasteiger partial charge in [-0.2, -0.15) is 13.2 Å². The van der Waals surface area contributed by atoms with Crippen LogP contribution in [0.25, 0.3) is 0 Å². The molecule has 122 valence electrons. The molecule has 1 aromatic carbocycles. The monoisotopic (exact) mass is 330 g/mol. The number of pyridine rings is 1. The van der Waals surface area contributed by atoms with Gasteiger partial charge >= 0.3 is 6.18 Å². The summed E-state index contributed by atoms with van der Waals surface area (Å²) >= 11 is 0. The summed E-state index contributed by atoms with van der Waals surface area (Å²) in [6, 6.07) is 15.0. The summed E-state index contributed by atoms with van der Waals surface area (Å²) in [4.78, 5) is 11.7. The fraction of sp³-hybridized carbons (Fsp3) is 0.118. The standard InChI is InChI=1S/C17H13F3N4/c18-17(19,20)14-9-11-22-16(23-14)24-15(12-6-2-1-3-7-12)13-8-4-5-10-21-13/h1-11,15H,(H,22,23,24)/t15-/m0/s1. The topological polar surface area (TPSA) is 50.7 Å². The van der Waals surface area contributed by atoms with Crippen LogP contribution in [0.3, 0.4) is 0 Å². The third-order valence-electron chi connectivity index (χ3n) is 3.34. The lowest BCUT2D eigenvalue weighted by Gasteiger charge is -2.19. The number of alkyl halides is 3. The Morgan fingerprint density at radius 3 is 2.25 bits per heavy atom. The highest BCUT2D eigenvalue weighted by Crippen LogP contribution is 2.29. The largest absolute Gasteiger partial charge is 0.433 e. The molecule has 7 heteroatoms. The van der Waals surface area contributed by atoms with Gasteiger partial charge < -0.3 is 5.32 Å². The van der Waals surface area contributed by atoms with E-state index in [1.165, 1.54) is 0 Å². The number of halogens is 3. The van der Waals surface area contributed by atoms with Crippen LogP contribution in [0.15, 0.2) is 67.0 Å². The van der Waals surface area contributed by atoms with Gasteiger partial charge in [-0.3, -0.25) is 4.98 Å². The predicted molar refractivity (Wildman–Crippen MR) is 83.2 cm³/mol. The van der Waals surface area contributed by atoms with Gasteiger partial charge in [0.15, 0.2) is 0 Å². The quantitative estimate of drug-likeness (QED) is 0.783. The molecule has 0 saturated heterocycles. The summed E-state index contributed by atoms with van der Waals surface area (Å²) in [5.41, 5.74) is 0.509. The maximum atomic E-state index is 12.8. The van der Waals surface area contributed by atoms with Crippen LogP contribution in [0.4, 0.5) is 19.1 Å². The van der Waals surface area contributed by atoms with E-state index in [1.54, 1.807) is 18.3 Å². The Morgan fingerprint density at radius 1 is 0.833 bits per heavy atom. The Balaban J connectivity index is 1.96. The summed E-state index contributed by atoms with van der Waals surface area (Å²) in [6.45, 7) is 0. The van der Waals surface area contributed by atoms with Crippen molar-refractivity contribution in [1.29, 1.82) is 0 Å². The van der Waals surface area contributed by atoms with E-state index in [0.29, 0.717) is 5.69 Å². The fourth-order valence-corrected chi connectivity index (χ4v) is 2.24. The molecule has 24 heavy (non-hydrogen) atoms. The molecule has 0 bridgehead atoms. The zero-order chi connectivity index (χ0) is 17.0. The van der Waals surface area contributed by atoms with Gasteiger partial charge in [-0.05, 0) is 23.8 Å². The van der Waals surface area contributed by atoms with Crippen molar-refractivity contribution in [3.63, 3.8) is 0 Å². The highest BCUT2D eigenvalue weighted by molar-refractivity contribution is 5.38. The van der Waals surface area contributed by atoms with Crippen LogP contribution in [0, 0.1) is 0 Å². The third-order valence-corrected chi connectivity index (χ3v) is 3.34. The van der Waals surface area contributed by atoms with Crippen molar-refractivity contribution in [2.75, 3.05) is 5.32 Å². The lowest BCUT2D eigenvalue weighted by atomic mass is 10.0. The van der Waals surface area contributed by atoms with E-state index in [-0.39, 0.29) is 5.95 Å². The van der Waals surface area contributed by atoms with Crippen molar-refractivity contribution < 1.29 is 13.2 Å². The van der Waals surface area contributed by atoms with Crippen molar-refractivity contribution in [2.45, 2.75) is 12.2 Å². The number of anilines is 1. The van der Waals surface area contributed by atoms with Crippen molar-refractivity contribution in [3.05, 3.63) is 83.9 Å². The highest BCUT2D eigenvalue weighted by Gasteiger charge is 2.33. The molecule has 2 heterocycles. The van der Waals surface area contributed by atoms with Crippen molar-refractivity contribution in [2.24, 2.45) is 0 Å². The number of hydrogen-bond acceptors (Lipinski definition) is 4. The minimum atomic E-state index is -4.52. The maximum absolute atomic E-state index is 12.8. The van der Waals surface area contributed by atoms with Crippen LogP contribution in [-0.4, -0.2) is 15.0 Å². The molecule has 0 aliphatic heterocycles. The molecule has 0 unspecified atom stereocenters. The first-order chi connectivity index (χ1) is 11.5. The van der Waals surface area contributed by atoms with Gasteiger partial charge in [-0.25, -0.2) is 9.97 Å². The second-order valence-electron chi connectivity index (χ2n) is 5.01. The summed E-state index contributed by atoms with van der Waals surface area (Å²) < 4.78 is 38.5. The molecule has 0 saturated carbocycles.